The minimum absolute atomic E-state index is 0.0858. The zero-order chi connectivity index (χ0) is 26.4. The lowest BCUT2D eigenvalue weighted by atomic mass is 10.0. The number of ether oxygens (including phenoxy) is 1. The number of carbonyl (C=O) groups excluding carboxylic acids is 1. The van der Waals surface area contributed by atoms with Crippen LogP contribution < -0.4 is 10.1 Å². The van der Waals surface area contributed by atoms with Gasteiger partial charge in [-0.15, -0.1) is 0 Å². The van der Waals surface area contributed by atoms with Gasteiger partial charge in [-0.1, -0.05) is 31.2 Å². The van der Waals surface area contributed by atoms with E-state index in [1.54, 1.807) is 18.3 Å². The number of nitrogens with zero attached hydrogens (tertiary/aromatic N) is 3. The molecule has 2 aromatic carbocycles. The Balaban J connectivity index is 1.35. The lowest BCUT2D eigenvalue weighted by Gasteiger charge is -2.34. The van der Waals surface area contributed by atoms with Gasteiger partial charge in [-0.3, -0.25) is 14.7 Å². The monoisotopic (exact) mass is 512 g/mol. The number of aromatic nitrogens is 1. The zero-order valence-corrected chi connectivity index (χ0v) is 21.0. The molecule has 196 valence electrons. The number of rotatable bonds is 8. The highest BCUT2D eigenvalue weighted by atomic mass is 19.4. The zero-order valence-electron chi connectivity index (χ0n) is 21.0. The molecule has 0 atom stereocenters. The molecule has 37 heavy (non-hydrogen) atoms. The van der Waals surface area contributed by atoms with Crippen LogP contribution in [0.2, 0.25) is 0 Å². The Morgan fingerprint density at radius 1 is 0.973 bits per heavy atom. The van der Waals surface area contributed by atoms with Crippen molar-refractivity contribution < 1.29 is 22.7 Å². The van der Waals surface area contributed by atoms with E-state index in [-0.39, 0.29) is 24.4 Å². The van der Waals surface area contributed by atoms with Gasteiger partial charge < -0.3 is 15.0 Å². The van der Waals surface area contributed by atoms with Crippen molar-refractivity contribution in [2.45, 2.75) is 26.6 Å². The van der Waals surface area contributed by atoms with E-state index in [4.69, 9.17) is 4.74 Å². The van der Waals surface area contributed by atoms with E-state index in [0.29, 0.717) is 5.75 Å². The molecule has 9 heteroatoms. The fourth-order valence-corrected chi connectivity index (χ4v) is 4.29. The van der Waals surface area contributed by atoms with E-state index in [1.165, 1.54) is 12.1 Å². The van der Waals surface area contributed by atoms with Crippen LogP contribution in [0.4, 0.5) is 18.9 Å². The van der Waals surface area contributed by atoms with Gasteiger partial charge in [0.25, 0.3) is 5.91 Å². The third-order valence-corrected chi connectivity index (χ3v) is 6.47. The van der Waals surface area contributed by atoms with Crippen molar-refractivity contribution in [1.29, 1.82) is 0 Å². The normalized spacial score (nSPS) is 14.9. The summed E-state index contributed by atoms with van der Waals surface area (Å²) >= 11 is 0. The van der Waals surface area contributed by atoms with Gasteiger partial charge in [0.05, 0.1) is 5.56 Å². The van der Waals surface area contributed by atoms with Gasteiger partial charge in [-0.2, -0.15) is 13.2 Å². The Labute approximate surface area is 215 Å². The summed E-state index contributed by atoms with van der Waals surface area (Å²) in [7, 11) is 0. The number of benzene rings is 2. The van der Waals surface area contributed by atoms with Crippen LogP contribution in [-0.2, 0) is 17.5 Å². The topological polar surface area (TPSA) is 57.7 Å². The van der Waals surface area contributed by atoms with Crippen LogP contribution in [0.5, 0.6) is 5.75 Å². The van der Waals surface area contributed by atoms with Crippen LogP contribution in [-0.4, -0.2) is 60.0 Å². The maximum Gasteiger partial charge on any atom is 0.416 e. The number of alkyl halides is 3. The molecule has 0 spiro atoms. The predicted molar refractivity (Wildman–Crippen MR) is 137 cm³/mol. The number of piperazine rings is 1. The van der Waals surface area contributed by atoms with Gasteiger partial charge in [-0.25, -0.2) is 0 Å². The van der Waals surface area contributed by atoms with Gasteiger partial charge in [0, 0.05) is 55.9 Å². The average molecular weight is 513 g/mol. The van der Waals surface area contributed by atoms with E-state index in [1.807, 2.05) is 36.1 Å². The number of likely N-dealkylation sites (N-methyl/N-ethyl adjacent to an activating group) is 1. The lowest BCUT2D eigenvalue weighted by molar-refractivity contribution is -0.138. The molecule has 3 aromatic rings. The molecule has 0 radical (unpaired) electrons. The highest BCUT2D eigenvalue weighted by molar-refractivity contribution is 5.92. The number of carbonyl (C=O) groups is 1. The molecule has 1 N–H and O–H groups in total. The second kappa shape index (κ2) is 11.7. The van der Waals surface area contributed by atoms with Crippen LogP contribution >= 0.6 is 0 Å². The summed E-state index contributed by atoms with van der Waals surface area (Å²) in [5.74, 6) is -0.0585. The quantitative estimate of drug-likeness (QED) is 0.448. The van der Waals surface area contributed by atoms with Gasteiger partial charge in [0.1, 0.15) is 5.75 Å². The number of halogens is 3. The van der Waals surface area contributed by atoms with Crippen molar-refractivity contribution in [1.82, 2.24) is 14.8 Å². The molecule has 6 nitrogen and oxygen atoms in total. The molecule has 1 fully saturated rings. The number of anilines is 1. The van der Waals surface area contributed by atoms with Crippen LogP contribution in [0.15, 0.2) is 60.8 Å². The highest BCUT2D eigenvalue weighted by Crippen LogP contribution is 2.34. The van der Waals surface area contributed by atoms with Crippen LogP contribution in [0.25, 0.3) is 11.1 Å². The first kappa shape index (κ1) is 26.6. The third kappa shape index (κ3) is 7.30. The first-order valence-corrected chi connectivity index (χ1v) is 12.3. The molecule has 1 aliphatic heterocycles. The van der Waals surface area contributed by atoms with Crippen molar-refractivity contribution in [3.8, 4) is 16.9 Å². The predicted octanol–water partition coefficient (Wildman–Crippen LogP) is 5.23. The summed E-state index contributed by atoms with van der Waals surface area (Å²) in [5, 5.41) is 2.52. The molecule has 0 aliphatic carbocycles. The van der Waals surface area contributed by atoms with Crippen molar-refractivity contribution in [3.63, 3.8) is 0 Å². The maximum atomic E-state index is 13.8. The Hall–Kier alpha value is -3.43. The Morgan fingerprint density at radius 3 is 2.27 bits per heavy atom. The molecule has 2 heterocycles. The fraction of sp³-hybridized carbons (Fsp3) is 0.357. The van der Waals surface area contributed by atoms with Gasteiger partial charge in [-0.05, 0) is 54.9 Å². The minimum atomic E-state index is -4.52. The molecule has 1 aromatic heterocycles. The van der Waals surface area contributed by atoms with Gasteiger partial charge in [0.15, 0.2) is 6.61 Å². The molecule has 4 rings (SSSR count). The highest BCUT2D eigenvalue weighted by Gasteiger charge is 2.34. The van der Waals surface area contributed by atoms with Crippen molar-refractivity contribution in [2.75, 3.05) is 44.6 Å². The van der Waals surface area contributed by atoms with E-state index in [0.717, 1.165) is 55.6 Å². The van der Waals surface area contributed by atoms with Crippen molar-refractivity contribution in [3.05, 3.63) is 77.6 Å². The second-order valence-corrected chi connectivity index (χ2v) is 9.13. The number of pyridine rings is 1. The van der Waals surface area contributed by atoms with Gasteiger partial charge >= 0.3 is 6.18 Å². The molecule has 1 amide bonds. The molecule has 0 unspecified atom stereocenters. The summed E-state index contributed by atoms with van der Waals surface area (Å²) in [4.78, 5) is 21.0. The summed E-state index contributed by atoms with van der Waals surface area (Å²) in [5.41, 5.74) is 2.40. The fourth-order valence-electron chi connectivity index (χ4n) is 4.29. The minimum Gasteiger partial charge on any atom is -0.484 e. The summed E-state index contributed by atoms with van der Waals surface area (Å²) in [6, 6.07) is 15.0. The van der Waals surface area contributed by atoms with Crippen LogP contribution in [0.3, 0.4) is 0 Å². The molecule has 1 aliphatic rings. The summed E-state index contributed by atoms with van der Waals surface area (Å²) in [6.07, 6.45) is -2.74. The van der Waals surface area contributed by atoms with E-state index in [9.17, 15) is 18.0 Å². The van der Waals surface area contributed by atoms with E-state index in [2.05, 4.69) is 22.1 Å². The summed E-state index contributed by atoms with van der Waals surface area (Å²) in [6.45, 7) is 7.98. The third-order valence-electron chi connectivity index (χ3n) is 6.47. The first-order valence-electron chi connectivity index (χ1n) is 12.3. The van der Waals surface area contributed by atoms with Crippen molar-refractivity contribution in [2.24, 2.45) is 0 Å². The Morgan fingerprint density at radius 2 is 1.65 bits per heavy atom. The maximum absolute atomic E-state index is 13.8. The smallest absolute Gasteiger partial charge is 0.416 e. The number of hydrogen-bond donors (Lipinski definition) is 1. The Bertz CT molecular complexity index is 1190. The molecule has 0 saturated carbocycles. The first-order chi connectivity index (χ1) is 17.7. The number of aryl methyl sites for hydroxylation is 1. The largest absolute Gasteiger partial charge is 0.484 e. The molecular formula is C28H31F3N4O2. The number of nitrogens with one attached hydrogen (secondary N) is 1. The van der Waals surface area contributed by atoms with Crippen LogP contribution in [0.1, 0.15) is 23.7 Å². The van der Waals surface area contributed by atoms with E-state index < -0.39 is 17.6 Å². The van der Waals surface area contributed by atoms with Crippen LogP contribution in [0, 0.1) is 6.92 Å². The summed E-state index contributed by atoms with van der Waals surface area (Å²) < 4.78 is 47.0. The SMILES string of the molecule is CCN1CCN(Cc2ccc(NC(=O)COc3ccc(-c4ccc(C)nc4)cc3)cc2C(F)(F)F)CC1. The second-order valence-electron chi connectivity index (χ2n) is 9.13. The number of amides is 1. The van der Waals surface area contributed by atoms with Crippen molar-refractivity contribution >= 4 is 11.6 Å². The number of hydrogen-bond acceptors (Lipinski definition) is 5. The molecule has 1 saturated heterocycles. The van der Waals surface area contributed by atoms with Gasteiger partial charge in [0.2, 0.25) is 0 Å². The standard InChI is InChI=1S/C28H31F3N4O2/c1-3-34-12-14-35(15-13-34)18-23-6-9-24(16-26(23)28(29,30)31)33-27(36)19-37-25-10-7-21(8-11-25)22-5-4-20(2)32-17-22/h4-11,16-17H,3,12-15,18-19H2,1-2H3,(H,33,36). The Kier molecular flexibility index (Phi) is 8.45. The van der Waals surface area contributed by atoms with E-state index >= 15 is 0 Å². The lowest BCUT2D eigenvalue weighted by Crippen LogP contribution is -2.45. The molecular weight excluding hydrogens is 481 g/mol. The average Bonchev–Trinajstić information content (AvgIpc) is 2.89. The molecule has 0 bridgehead atoms.